The van der Waals surface area contributed by atoms with Crippen molar-refractivity contribution in [2.45, 2.75) is 56.3 Å². The molecule has 11 heteroatoms. The third kappa shape index (κ3) is 8.24. The third-order valence-corrected chi connectivity index (χ3v) is 6.80. The molecular weight excluding hydrogens is 512 g/mol. The first-order chi connectivity index (χ1) is 19.4. The van der Waals surface area contributed by atoms with E-state index in [2.05, 4.69) is 31.2 Å². The molecule has 40 heavy (non-hydrogen) atoms. The maximum Gasteiger partial charge on any atom is 0.326 e. The number of carbonyl (C=O) groups excluding carboxylic acids is 3. The van der Waals surface area contributed by atoms with Crippen LogP contribution in [0.15, 0.2) is 73.2 Å². The fraction of sp³-hybridized carbons (Fsp3) is 0.345. The van der Waals surface area contributed by atoms with E-state index in [4.69, 9.17) is 0 Å². The molecule has 2 heterocycles. The molecule has 3 aromatic rings. The topological polar surface area (TPSA) is 165 Å². The minimum atomic E-state index is -1.24. The minimum absolute atomic E-state index is 0.00580. The second-order valence-corrected chi connectivity index (χ2v) is 9.83. The van der Waals surface area contributed by atoms with Crippen molar-refractivity contribution in [3.05, 3.63) is 90.0 Å². The highest BCUT2D eigenvalue weighted by atomic mass is 16.4. The number of aromatic nitrogens is 2. The quantitative estimate of drug-likeness (QED) is 0.184. The molecule has 1 aliphatic heterocycles. The van der Waals surface area contributed by atoms with Gasteiger partial charge in [0.25, 0.3) is 0 Å². The molecule has 0 radical (unpaired) electrons. The summed E-state index contributed by atoms with van der Waals surface area (Å²) in [6.45, 7) is 0.732. The Balaban J connectivity index is 1.52. The number of aliphatic carboxylic acids is 1. The normalized spacial score (nSPS) is 16.9. The fourth-order valence-electron chi connectivity index (χ4n) is 4.66. The Morgan fingerprint density at radius 3 is 1.90 bits per heavy atom. The number of hydrogen-bond donors (Lipinski definition) is 6. The van der Waals surface area contributed by atoms with Gasteiger partial charge in [-0.2, -0.15) is 0 Å². The largest absolute Gasteiger partial charge is 0.480 e. The van der Waals surface area contributed by atoms with Crippen molar-refractivity contribution in [2.75, 3.05) is 6.54 Å². The number of amides is 3. The van der Waals surface area contributed by atoms with E-state index in [1.807, 2.05) is 60.7 Å². The van der Waals surface area contributed by atoms with Gasteiger partial charge < -0.3 is 31.4 Å². The summed E-state index contributed by atoms with van der Waals surface area (Å²) in [5.41, 5.74) is 2.17. The Morgan fingerprint density at radius 1 is 0.825 bits per heavy atom. The smallest absolute Gasteiger partial charge is 0.326 e. The van der Waals surface area contributed by atoms with Gasteiger partial charge in [-0.25, -0.2) is 9.78 Å². The zero-order valence-corrected chi connectivity index (χ0v) is 22.0. The van der Waals surface area contributed by atoms with Gasteiger partial charge in [0.1, 0.15) is 18.1 Å². The molecule has 6 N–H and O–H groups in total. The number of nitrogens with zero attached hydrogens (tertiary/aromatic N) is 1. The first-order valence-corrected chi connectivity index (χ1v) is 13.3. The maximum atomic E-state index is 13.6. The van der Waals surface area contributed by atoms with Crippen LogP contribution in [0.25, 0.3) is 0 Å². The SMILES string of the molecule is O=C(O)C(Cc1cnc[nH]1)NC(=O)C(Cc1ccccc1)NC(=O)C(Cc1ccccc1)NC(=O)C1CCCN1. The first kappa shape index (κ1) is 28.5. The van der Waals surface area contributed by atoms with Gasteiger partial charge >= 0.3 is 5.97 Å². The summed E-state index contributed by atoms with van der Waals surface area (Å²) in [6, 6.07) is 14.8. The van der Waals surface area contributed by atoms with Crippen LogP contribution in [0.4, 0.5) is 0 Å². The van der Waals surface area contributed by atoms with E-state index in [1.54, 1.807) is 0 Å². The van der Waals surface area contributed by atoms with Crippen LogP contribution in [-0.2, 0) is 38.4 Å². The molecule has 1 aliphatic rings. The van der Waals surface area contributed by atoms with Crippen LogP contribution in [0.2, 0.25) is 0 Å². The monoisotopic (exact) mass is 546 g/mol. The maximum absolute atomic E-state index is 13.6. The van der Waals surface area contributed by atoms with Crippen LogP contribution in [0.3, 0.4) is 0 Å². The van der Waals surface area contributed by atoms with Gasteiger partial charge in [0.2, 0.25) is 17.7 Å². The summed E-state index contributed by atoms with van der Waals surface area (Å²) in [4.78, 5) is 58.6. The van der Waals surface area contributed by atoms with Gasteiger partial charge in [-0.15, -0.1) is 0 Å². The zero-order valence-electron chi connectivity index (χ0n) is 22.0. The molecule has 0 saturated carbocycles. The van der Waals surface area contributed by atoms with E-state index in [0.717, 1.165) is 24.1 Å². The Morgan fingerprint density at radius 2 is 1.40 bits per heavy atom. The van der Waals surface area contributed by atoms with Gasteiger partial charge in [-0.3, -0.25) is 14.4 Å². The van der Waals surface area contributed by atoms with Crippen molar-refractivity contribution < 1.29 is 24.3 Å². The molecule has 4 unspecified atom stereocenters. The second kappa shape index (κ2) is 14.0. The van der Waals surface area contributed by atoms with E-state index in [9.17, 15) is 24.3 Å². The summed E-state index contributed by atoms with van der Waals surface area (Å²) >= 11 is 0. The van der Waals surface area contributed by atoms with Crippen molar-refractivity contribution in [2.24, 2.45) is 0 Å². The number of carbonyl (C=O) groups is 4. The molecule has 0 aliphatic carbocycles. The summed E-state index contributed by atoms with van der Waals surface area (Å²) < 4.78 is 0. The Bertz CT molecular complexity index is 1260. The molecule has 210 valence electrons. The lowest BCUT2D eigenvalue weighted by molar-refractivity contribution is -0.142. The summed E-state index contributed by atoms with van der Waals surface area (Å²) in [5.74, 6) is -2.67. The highest BCUT2D eigenvalue weighted by molar-refractivity contribution is 5.94. The lowest BCUT2D eigenvalue weighted by Gasteiger charge is -2.25. The number of carboxylic acids is 1. The molecule has 4 rings (SSSR count). The Labute approximate surface area is 232 Å². The summed E-state index contributed by atoms with van der Waals surface area (Å²) in [6.07, 6.45) is 4.81. The molecular formula is C29H34N6O5. The van der Waals surface area contributed by atoms with Crippen molar-refractivity contribution >= 4 is 23.7 Å². The molecule has 1 saturated heterocycles. The van der Waals surface area contributed by atoms with Crippen LogP contribution in [0, 0.1) is 0 Å². The van der Waals surface area contributed by atoms with Gasteiger partial charge in [0, 0.05) is 31.2 Å². The molecule has 11 nitrogen and oxygen atoms in total. The summed E-state index contributed by atoms with van der Waals surface area (Å²) in [5, 5.41) is 21.1. The number of imidazole rings is 1. The number of nitrogens with one attached hydrogen (secondary N) is 5. The van der Waals surface area contributed by atoms with Crippen LogP contribution >= 0.6 is 0 Å². The highest BCUT2D eigenvalue weighted by Crippen LogP contribution is 2.10. The van der Waals surface area contributed by atoms with Crippen LogP contribution in [0.1, 0.15) is 29.7 Å². The molecule has 0 bridgehead atoms. The molecule has 4 atom stereocenters. The Kier molecular flexibility index (Phi) is 10.0. The van der Waals surface area contributed by atoms with E-state index < -0.39 is 35.9 Å². The predicted octanol–water partition coefficient (Wildman–Crippen LogP) is 0.729. The van der Waals surface area contributed by atoms with Gasteiger partial charge in [0.05, 0.1) is 12.4 Å². The number of benzene rings is 2. The lowest BCUT2D eigenvalue weighted by atomic mass is 10.0. The van der Waals surface area contributed by atoms with Crippen molar-refractivity contribution in [1.29, 1.82) is 0 Å². The average molecular weight is 547 g/mol. The van der Waals surface area contributed by atoms with E-state index in [0.29, 0.717) is 12.1 Å². The van der Waals surface area contributed by atoms with Gasteiger partial charge in [-0.1, -0.05) is 60.7 Å². The summed E-state index contributed by atoms with van der Waals surface area (Å²) in [7, 11) is 0. The lowest BCUT2D eigenvalue weighted by Crippen LogP contribution is -2.58. The van der Waals surface area contributed by atoms with E-state index >= 15 is 0 Å². The van der Waals surface area contributed by atoms with Crippen molar-refractivity contribution in [1.82, 2.24) is 31.2 Å². The standard InChI is InChI=1S/C29H34N6O5/c36-26(22-12-7-13-31-22)33-23(14-19-8-3-1-4-9-19)27(37)34-24(15-20-10-5-2-6-11-20)28(38)35-25(29(39)40)16-21-17-30-18-32-21/h1-6,8-11,17-18,22-25,31H,7,12-16H2,(H,30,32)(H,33,36)(H,34,37)(H,35,38)(H,39,40). The van der Waals surface area contributed by atoms with E-state index in [1.165, 1.54) is 12.5 Å². The molecule has 1 aromatic heterocycles. The minimum Gasteiger partial charge on any atom is -0.480 e. The number of rotatable bonds is 13. The number of carboxylic acid groups (broad SMARTS) is 1. The van der Waals surface area contributed by atoms with Gasteiger partial charge in [-0.05, 0) is 30.5 Å². The van der Waals surface area contributed by atoms with Crippen molar-refractivity contribution in [3.63, 3.8) is 0 Å². The highest BCUT2D eigenvalue weighted by Gasteiger charge is 2.32. The fourth-order valence-corrected chi connectivity index (χ4v) is 4.66. The van der Waals surface area contributed by atoms with Crippen LogP contribution in [-0.4, -0.2) is 69.5 Å². The second-order valence-electron chi connectivity index (χ2n) is 9.83. The predicted molar refractivity (Wildman–Crippen MR) is 147 cm³/mol. The number of aromatic amines is 1. The van der Waals surface area contributed by atoms with Gasteiger partial charge in [0.15, 0.2) is 0 Å². The third-order valence-electron chi connectivity index (χ3n) is 6.80. The van der Waals surface area contributed by atoms with Crippen LogP contribution < -0.4 is 21.3 Å². The van der Waals surface area contributed by atoms with Crippen molar-refractivity contribution in [3.8, 4) is 0 Å². The molecule has 0 spiro atoms. The molecule has 1 fully saturated rings. The molecule has 2 aromatic carbocycles. The average Bonchev–Trinajstić information content (AvgIpc) is 3.68. The Hall–Kier alpha value is -4.51. The number of hydrogen-bond acceptors (Lipinski definition) is 6. The number of H-pyrrole nitrogens is 1. The van der Waals surface area contributed by atoms with E-state index in [-0.39, 0.29) is 31.2 Å². The zero-order chi connectivity index (χ0) is 28.3. The molecule has 3 amide bonds. The first-order valence-electron chi connectivity index (χ1n) is 13.3. The van der Waals surface area contributed by atoms with Crippen LogP contribution in [0.5, 0.6) is 0 Å².